The van der Waals surface area contributed by atoms with Gasteiger partial charge in [-0.05, 0) is 31.0 Å². The van der Waals surface area contributed by atoms with Crippen molar-refractivity contribution in [3.05, 3.63) is 30.1 Å². The summed E-state index contributed by atoms with van der Waals surface area (Å²) < 4.78 is -0.891. The lowest BCUT2D eigenvalue weighted by Gasteiger charge is -2.27. The van der Waals surface area contributed by atoms with Crippen LogP contribution in [0.2, 0.25) is 0 Å². The lowest BCUT2D eigenvalue weighted by molar-refractivity contribution is -0.139. The topological polar surface area (TPSA) is 50.2 Å². The normalized spacial score (nSPS) is 16.4. The van der Waals surface area contributed by atoms with E-state index in [1.54, 1.807) is 31.5 Å². The van der Waals surface area contributed by atoms with Crippen molar-refractivity contribution in [2.75, 3.05) is 0 Å². The van der Waals surface area contributed by atoms with Gasteiger partial charge in [-0.3, -0.25) is 9.78 Å². The first kappa shape index (κ1) is 13.0. The summed E-state index contributed by atoms with van der Waals surface area (Å²) in [5.41, 5.74) is 0.792. The predicted octanol–water partition coefficient (Wildman–Crippen LogP) is 2.91. The fourth-order valence-corrected chi connectivity index (χ4v) is 2.74. The van der Waals surface area contributed by atoms with Crippen molar-refractivity contribution in [1.29, 1.82) is 0 Å². The van der Waals surface area contributed by atoms with Crippen molar-refractivity contribution in [3.8, 4) is 0 Å². The Labute approximate surface area is 100 Å². The summed E-state index contributed by atoms with van der Waals surface area (Å²) in [5.74, 6) is -0.802. The van der Waals surface area contributed by atoms with E-state index in [1.165, 1.54) is 11.8 Å². The van der Waals surface area contributed by atoms with E-state index < -0.39 is 10.7 Å². The number of pyridine rings is 1. The van der Waals surface area contributed by atoms with E-state index in [-0.39, 0.29) is 0 Å². The molecular weight excluding hydrogens is 222 g/mol. The van der Waals surface area contributed by atoms with Gasteiger partial charge in [0.05, 0.1) is 0 Å². The number of hydrogen-bond acceptors (Lipinski definition) is 3. The van der Waals surface area contributed by atoms with Crippen molar-refractivity contribution < 1.29 is 9.90 Å². The molecule has 0 amide bonds. The standard InChI is InChI=1S/C12H17NO2S/c1-4-9(2)16-12(3,11(14)15)10-5-7-13-8-6-10/h5-9H,4H2,1-3H3,(H,14,15). The Balaban J connectivity index is 3.02. The molecule has 2 unspecified atom stereocenters. The first-order valence-corrected chi connectivity index (χ1v) is 6.20. The number of carboxylic acids is 1. The third-order valence-corrected chi connectivity index (χ3v) is 4.27. The molecule has 0 saturated carbocycles. The second kappa shape index (κ2) is 5.34. The maximum Gasteiger partial charge on any atom is 0.324 e. The molecule has 2 atom stereocenters. The van der Waals surface area contributed by atoms with Crippen LogP contribution in [-0.4, -0.2) is 21.3 Å². The summed E-state index contributed by atoms with van der Waals surface area (Å²) in [7, 11) is 0. The van der Waals surface area contributed by atoms with E-state index in [4.69, 9.17) is 0 Å². The molecule has 1 aromatic rings. The number of thioether (sulfide) groups is 1. The van der Waals surface area contributed by atoms with Gasteiger partial charge in [-0.15, -0.1) is 11.8 Å². The molecule has 0 bridgehead atoms. The van der Waals surface area contributed by atoms with Crippen LogP contribution >= 0.6 is 11.8 Å². The Hall–Kier alpha value is -1.03. The maximum absolute atomic E-state index is 11.4. The van der Waals surface area contributed by atoms with Crippen LogP contribution in [-0.2, 0) is 9.54 Å². The lowest BCUT2D eigenvalue weighted by atomic mass is 10.0. The minimum absolute atomic E-state index is 0.314. The van der Waals surface area contributed by atoms with Crippen LogP contribution in [0.5, 0.6) is 0 Å². The van der Waals surface area contributed by atoms with Gasteiger partial charge in [0, 0.05) is 17.6 Å². The molecule has 0 aliphatic carbocycles. The highest BCUT2D eigenvalue weighted by Crippen LogP contribution is 2.39. The number of aromatic nitrogens is 1. The van der Waals surface area contributed by atoms with Crippen molar-refractivity contribution in [3.63, 3.8) is 0 Å². The van der Waals surface area contributed by atoms with Crippen molar-refractivity contribution >= 4 is 17.7 Å². The summed E-state index contributed by atoms with van der Waals surface area (Å²) in [6, 6.07) is 3.53. The van der Waals surface area contributed by atoms with E-state index in [0.717, 1.165) is 12.0 Å². The molecule has 1 rings (SSSR count). The van der Waals surface area contributed by atoms with E-state index in [1.807, 2.05) is 6.92 Å². The van der Waals surface area contributed by atoms with Crippen molar-refractivity contribution in [1.82, 2.24) is 4.98 Å². The molecule has 0 aliphatic heterocycles. The van der Waals surface area contributed by atoms with Gasteiger partial charge in [-0.25, -0.2) is 0 Å². The van der Waals surface area contributed by atoms with Gasteiger partial charge in [-0.2, -0.15) is 0 Å². The van der Waals surface area contributed by atoms with Crippen LogP contribution in [0.3, 0.4) is 0 Å². The maximum atomic E-state index is 11.4. The van der Waals surface area contributed by atoms with Crippen molar-refractivity contribution in [2.24, 2.45) is 0 Å². The average Bonchev–Trinajstić information content (AvgIpc) is 2.29. The van der Waals surface area contributed by atoms with Gasteiger partial charge in [0.25, 0.3) is 0 Å². The van der Waals surface area contributed by atoms with Crippen LogP contribution in [0.1, 0.15) is 32.8 Å². The molecular formula is C12H17NO2S. The molecule has 4 heteroatoms. The molecule has 1 N–H and O–H groups in total. The second-order valence-electron chi connectivity index (χ2n) is 3.91. The summed E-state index contributed by atoms with van der Waals surface area (Å²) >= 11 is 1.48. The molecule has 16 heavy (non-hydrogen) atoms. The van der Waals surface area contributed by atoms with Gasteiger partial charge in [0.15, 0.2) is 0 Å². The number of nitrogens with zero attached hydrogens (tertiary/aromatic N) is 1. The minimum Gasteiger partial charge on any atom is -0.480 e. The predicted molar refractivity (Wildman–Crippen MR) is 66.6 cm³/mol. The zero-order chi connectivity index (χ0) is 12.2. The Morgan fingerprint density at radius 2 is 2.12 bits per heavy atom. The highest BCUT2D eigenvalue weighted by atomic mass is 32.2. The van der Waals surface area contributed by atoms with E-state index >= 15 is 0 Å². The summed E-state index contributed by atoms with van der Waals surface area (Å²) in [6.07, 6.45) is 4.22. The Bertz CT molecular complexity index is 355. The molecule has 0 aromatic carbocycles. The molecule has 0 radical (unpaired) electrons. The fourth-order valence-electron chi connectivity index (χ4n) is 1.40. The summed E-state index contributed by atoms with van der Waals surface area (Å²) in [6.45, 7) is 5.86. The number of rotatable bonds is 5. The molecule has 0 spiro atoms. The molecule has 1 heterocycles. The van der Waals surface area contributed by atoms with Crippen LogP contribution in [0.25, 0.3) is 0 Å². The lowest BCUT2D eigenvalue weighted by Crippen LogP contribution is -2.30. The summed E-state index contributed by atoms with van der Waals surface area (Å²) in [4.78, 5) is 15.3. The third-order valence-electron chi connectivity index (χ3n) is 2.65. The fraction of sp³-hybridized carbons (Fsp3) is 0.500. The van der Waals surface area contributed by atoms with E-state index in [2.05, 4.69) is 11.9 Å². The van der Waals surface area contributed by atoms with Gasteiger partial charge in [0.1, 0.15) is 4.75 Å². The van der Waals surface area contributed by atoms with Crippen LogP contribution in [0.4, 0.5) is 0 Å². The smallest absolute Gasteiger partial charge is 0.324 e. The first-order chi connectivity index (χ1) is 7.50. The molecule has 0 aliphatic rings. The number of carbonyl (C=O) groups is 1. The Morgan fingerprint density at radius 1 is 1.56 bits per heavy atom. The van der Waals surface area contributed by atoms with Gasteiger partial charge in [0.2, 0.25) is 0 Å². The zero-order valence-corrected chi connectivity index (χ0v) is 10.6. The highest BCUT2D eigenvalue weighted by molar-refractivity contribution is 8.01. The number of aliphatic carboxylic acids is 1. The van der Waals surface area contributed by atoms with Crippen molar-refractivity contribution in [2.45, 2.75) is 37.2 Å². The molecule has 1 aromatic heterocycles. The first-order valence-electron chi connectivity index (χ1n) is 5.32. The van der Waals surface area contributed by atoms with E-state index in [9.17, 15) is 9.90 Å². The highest BCUT2D eigenvalue weighted by Gasteiger charge is 2.37. The largest absolute Gasteiger partial charge is 0.480 e. The number of hydrogen-bond donors (Lipinski definition) is 1. The molecule has 3 nitrogen and oxygen atoms in total. The third kappa shape index (κ3) is 2.76. The Kier molecular flexibility index (Phi) is 4.35. The van der Waals surface area contributed by atoms with Gasteiger partial charge in [-0.1, -0.05) is 13.8 Å². The number of carboxylic acid groups (broad SMARTS) is 1. The zero-order valence-electron chi connectivity index (χ0n) is 9.80. The van der Waals surface area contributed by atoms with E-state index in [0.29, 0.717) is 5.25 Å². The summed E-state index contributed by atoms with van der Waals surface area (Å²) in [5, 5.41) is 9.70. The molecule has 88 valence electrons. The minimum atomic E-state index is -0.891. The molecule has 0 fully saturated rings. The van der Waals surface area contributed by atoms with Crippen LogP contribution in [0, 0.1) is 0 Å². The monoisotopic (exact) mass is 239 g/mol. The van der Waals surface area contributed by atoms with Crippen LogP contribution < -0.4 is 0 Å². The average molecular weight is 239 g/mol. The van der Waals surface area contributed by atoms with Gasteiger partial charge >= 0.3 is 5.97 Å². The molecule has 0 saturated heterocycles. The Morgan fingerprint density at radius 3 is 2.56 bits per heavy atom. The quantitative estimate of drug-likeness (QED) is 0.858. The van der Waals surface area contributed by atoms with Gasteiger partial charge < -0.3 is 5.11 Å². The SMILES string of the molecule is CCC(C)SC(C)(C(=O)O)c1ccncc1. The van der Waals surface area contributed by atoms with Crippen LogP contribution in [0.15, 0.2) is 24.5 Å². The second-order valence-corrected chi connectivity index (χ2v) is 5.77.